The minimum absolute atomic E-state index is 0.261. The zero-order valence-electron chi connectivity index (χ0n) is 9.47. The van der Waals surface area contributed by atoms with Crippen LogP contribution in [0.3, 0.4) is 0 Å². The lowest BCUT2D eigenvalue weighted by atomic mass is 10.1. The zero-order chi connectivity index (χ0) is 12.3. The summed E-state index contributed by atoms with van der Waals surface area (Å²) in [6.45, 7) is 1.70. The van der Waals surface area contributed by atoms with Gasteiger partial charge in [0, 0.05) is 6.42 Å². The van der Waals surface area contributed by atoms with Crippen LogP contribution in [0, 0.1) is 0 Å². The van der Waals surface area contributed by atoms with Gasteiger partial charge in [-0.15, -0.1) is 11.3 Å². The van der Waals surface area contributed by atoms with Crippen molar-refractivity contribution < 1.29 is 9.59 Å². The number of carbonyl (C=O) groups excluding carboxylic acids is 2. The standard InChI is InChI=1S/C14H12O2S/c1-2-12(15)14(16)13-8-11(9-17-13)10-6-4-3-5-7-10/h3-9H,2H2,1H3. The van der Waals surface area contributed by atoms with Crippen molar-refractivity contribution in [3.05, 3.63) is 46.7 Å². The predicted octanol–water partition coefficient (Wildman–Crippen LogP) is 3.58. The molecule has 0 saturated heterocycles. The maximum Gasteiger partial charge on any atom is 0.238 e. The van der Waals surface area contributed by atoms with Crippen molar-refractivity contribution in [3.63, 3.8) is 0 Å². The lowest BCUT2D eigenvalue weighted by molar-refractivity contribution is -0.114. The van der Waals surface area contributed by atoms with Gasteiger partial charge in [0.05, 0.1) is 4.88 Å². The molecule has 0 saturated carbocycles. The first-order valence-corrected chi connectivity index (χ1v) is 6.32. The smallest absolute Gasteiger partial charge is 0.238 e. The van der Waals surface area contributed by atoms with Gasteiger partial charge in [-0.1, -0.05) is 37.3 Å². The van der Waals surface area contributed by atoms with Gasteiger partial charge in [0.15, 0.2) is 0 Å². The van der Waals surface area contributed by atoms with Crippen LogP contribution in [0.25, 0.3) is 11.1 Å². The van der Waals surface area contributed by atoms with Crippen molar-refractivity contribution in [2.24, 2.45) is 0 Å². The maximum absolute atomic E-state index is 11.7. The van der Waals surface area contributed by atoms with E-state index in [0.717, 1.165) is 11.1 Å². The highest BCUT2D eigenvalue weighted by Crippen LogP contribution is 2.25. The number of hydrogen-bond acceptors (Lipinski definition) is 3. The second-order valence-electron chi connectivity index (χ2n) is 3.67. The summed E-state index contributed by atoms with van der Waals surface area (Å²) in [5, 5.41) is 1.91. The van der Waals surface area contributed by atoms with Gasteiger partial charge < -0.3 is 0 Å². The average Bonchev–Trinajstić information content (AvgIpc) is 2.87. The Balaban J connectivity index is 2.28. The van der Waals surface area contributed by atoms with Crippen LogP contribution >= 0.6 is 11.3 Å². The molecule has 1 aromatic heterocycles. The monoisotopic (exact) mass is 244 g/mol. The van der Waals surface area contributed by atoms with Crippen LogP contribution in [-0.4, -0.2) is 11.6 Å². The Bertz CT molecular complexity index is 540. The van der Waals surface area contributed by atoms with E-state index in [-0.39, 0.29) is 18.0 Å². The highest BCUT2D eigenvalue weighted by molar-refractivity contribution is 7.13. The SMILES string of the molecule is CCC(=O)C(=O)c1cc(-c2ccccc2)cs1. The fourth-order valence-electron chi connectivity index (χ4n) is 1.54. The molecule has 86 valence electrons. The fourth-order valence-corrected chi connectivity index (χ4v) is 2.41. The molecule has 3 heteroatoms. The van der Waals surface area contributed by atoms with Gasteiger partial charge in [-0.3, -0.25) is 9.59 Å². The number of thiophene rings is 1. The molecule has 0 spiro atoms. The van der Waals surface area contributed by atoms with E-state index in [2.05, 4.69) is 0 Å². The quantitative estimate of drug-likeness (QED) is 0.608. The van der Waals surface area contributed by atoms with Gasteiger partial charge in [0.25, 0.3) is 0 Å². The molecule has 0 atom stereocenters. The van der Waals surface area contributed by atoms with Crippen LogP contribution in [0.1, 0.15) is 23.0 Å². The summed E-state index contributed by atoms with van der Waals surface area (Å²) in [4.78, 5) is 23.5. The van der Waals surface area contributed by atoms with E-state index < -0.39 is 0 Å². The molecule has 0 aliphatic rings. The average molecular weight is 244 g/mol. The van der Waals surface area contributed by atoms with Crippen molar-refractivity contribution in [3.8, 4) is 11.1 Å². The van der Waals surface area contributed by atoms with Crippen molar-refractivity contribution in [2.75, 3.05) is 0 Å². The Morgan fingerprint density at radius 1 is 1.12 bits per heavy atom. The van der Waals surface area contributed by atoms with Gasteiger partial charge in [0.1, 0.15) is 0 Å². The third kappa shape index (κ3) is 2.50. The second-order valence-corrected chi connectivity index (χ2v) is 4.58. The van der Waals surface area contributed by atoms with Crippen LogP contribution in [0.5, 0.6) is 0 Å². The first-order valence-electron chi connectivity index (χ1n) is 5.44. The molecule has 1 heterocycles. The van der Waals surface area contributed by atoms with Crippen molar-refractivity contribution in [1.29, 1.82) is 0 Å². The minimum atomic E-state index is -0.375. The molecular weight excluding hydrogens is 232 g/mol. The summed E-state index contributed by atoms with van der Waals surface area (Å²) in [6, 6.07) is 11.6. The third-order valence-corrected chi connectivity index (χ3v) is 3.43. The van der Waals surface area contributed by atoms with Crippen LogP contribution in [0.15, 0.2) is 41.8 Å². The molecule has 0 fully saturated rings. The summed E-state index contributed by atoms with van der Waals surface area (Å²) < 4.78 is 0. The second kappa shape index (κ2) is 5.06. The molecular formula is C14H12O2S. The highest BCUT2D eigenvalue weighted by atomic mass is 32.1. The molecule has 0 bridgehead atoms. The third-order valence-electron chi connectivity index (χ3n) is 2.50. The summed E-state index contributed by atoms with van der Waals surface area (Å²) in [7, 11) is 0. The summed E-state index contributed by atoms with van der Waals surface area (Å²) >= 11 is 1.33. The molecule has 0 N–H and O–H groups in total. The van der Waals surface area contributed by atoms with E-state index >= 15 is 0 Å². The van der Waals surface area contributed by atoms with E-state index in [4.69, 9.17) is 0 Å². The lowest BCUT2D eigenvalue weighted by Gasteiger charge is -1.95. The van der Waals surface area contributed by atoms with Crippen molar-refractivity contribution in [2.45, 2.75) is 13.3 Å². The topological polar surface area (TPSA) is 34.1 Å². The summed E-state index contributed by atoms with van der Waals surface area (Å²) in [6.07, 6.45) is 0.261. The normalized spacial score (nSPS) is 10.2. The van der Waals surface area contributed by atoms with Crippen LogP contribution < -0.4 is 0 Å². The Morgan fingerprint density at radius 2 is 1.82 bits per heavy atom. The molecule has 1 aromatic carbocycles. The van der Waals surface area contributed by atoms with E-state index in [1.54, 1.807) is 13.0 Å². The van der Waals surface area contributed by atoms with Gasteiger partial charge in [-0.2, -0.15) is 0 Å². The number of rotatable bonds is 4. The lowest BCUT2D eigenvalue weighted by Crippen LogP contribution is -2.10. The Labute approximate surface area is 104 Å². The summed E-state index contributed by atoms with van der Waals surface area (Å²) in [5.74, 6) is -0.703. The first-order chi connectivity index (χ1) is 8.22. The molecule has 0 unspecified atom stereocenters. The molecule has 0 amide bonds. The number of Topliss-reactive ketones (excluding diaryl/α,β-unsaturated/α-hetero) is 2. The molecule has 17 heavy (non-hydrogen) atoms. The molecule has 2 rings (SSSR count). The van der Waals surface area contributed by atoms with E-state index in [1.165, 1.54) is 11.3 Å². The van der Waals surface area contributed by atoms with Gasteiger partial charge in [-0.25, -0.2) is 0 Å². The van der Waals surface area contributed by atoms with Crippen molar-refractivity contribution in [1.82, 2.24) is 0 Å². The molecule has 2 aromatic rings. The zero-order valence-corrected chi connectivity index (χ0v) is 10.3. The Hall–Kier alpha value is -1.74. The number of benzene rings is 1. The molecule has 2 nitrogen and oxygen atoms in total. The first kappa shape index (κ1) is 11.7. The van der Waals surface area contributed by atoms with Crippen molar-refractivity contribution >= 4 is 22.9 Å². The van der Waals surface area contributed by atoms with Crippen LogP contribution in [0.2, 0.25) is 0 Å². The largest absolute Gasteiger partial charge is 0.290 e. The van der Waals surface area contributed by atoms with Gasteiger partial charge in [0.2, 0.25) is 11.6 Å². The van der Waals surface area contributed by atoms with E-state index in [1.807, 2.05) is 35.7 Å². The molecule has 0 aliphatic heterocycles. The Kier molecular flexibility index (Phi) is 3.49. The number of hydrogen-bond donors (Lipinski definition) is 0. The molecule has 0 aliphatic carbocycles. The van der Waals surface area contributed by atoms with Crippen LogP contribution in [0.4, 0.5) is 0 Å². The minimum Gasteiger partial charge on any atom is -0.290 e. The fraction of sp³-hybridized carbons (Fsp3) is 0.143. The number of ketones is 2. The van der Waals surface area contributed by atoms with E-state index in [0.29, 0.717) is 4.88 Å². The maximum atomic E-state index is 11.7. The van der Waals surface area contributed by atoms with Crippen LogP contribution in [-0.2, 0) is 4.79 Å². The highest BCUT2D eigenvalue weighted by Gasteiger charge is 2.16. The van der Waals surface area contributed by atoms with E-state index in [9.17, 15) is 9.59 Å². The van der Waals surface area contributed by atoms with Gasteiger partial charge in [-0.05, 0) is 22.6 Å². The molecule has 0 radical (unpaired) electrons. The predicted molar refractivity (Wildman–Crippen MR) is 69.4 cm³/mol. The van der Waals surface area contributed by atoms with Gasteiger partial charge >= 0.3 is 0 Å². The number of carbonyl (C=O) groups is 2. The summed E-state index contributed by atoms with van der Waals surface area (Å²) in [5.41, 5.74) is 2.05. The Morgan fingerprint density at radius 3 is 2.47 bits per heavy atom.